The van der Waals surface area contributed by atoms with Gasteiger partial charge in [0.05, 0.1) is 12.5 Å². The van der Waals surface area contributed by atoms with E-state index in [9.17, 15) is 9.59 Å². The van der Waals surface area contributed by atoms with E-state index in [1.54, 1.807) is 0 Å². The smallest absolute Gasteiger partial charge is 0.246 e. The second kappa shape index (κ2) is 6.22. The molecular formula is C15H27N3O2. The van der Waals surface area contributed by atoms with Gasteiger partial charge in [-0.2, -0.15) is 0 Å². The second-order valence-electron chi connectivity index (χ2n) is 6.64. The molecule has 2 amide bonds. The number of piperidine rings is 1. The molecule has 0 radical (unpaired) electrons. The van der Waals surface area contributed by atoms with Gasteiger partial charge in [-0.15, -0.1) is 0 Å². The van der Waals surface area contributed by atoms with Gasteiger partial charge in [0.2, 0.25) is 11.8 Å². The molecule has 0 saturated carbocycles. The van der Waals surface area contributed by atoms with E-state index in [2.05, 4.69) is 24.2 Å². The summed E-state index contributed by atoms with van der Waals surface area (Å²) in [5.74, 6) is -0.0590. The highest BCUT2D eigenvalue weighted by molar-refractivity contribution is 6.05. The number of carbonyl (C=O) groups is 2. The molecule has 2 saturated heterocycles. The number of carbonyl (C=O) groups excluding carboxylic acids is 2. The zero-order valence-corrected chi connectivity index (χ0v) is 12.9. The van der Waals surface area contributed by atoms with Crippen LogP contribution in [0.1, 0.15) is 39.5 Å². The van der Waals surface area contributed by atoms with Crippen molar-refractivity contribution in [3.05, 3.63) is 0 Å². The third-order valence-corrected chi connectivity index (χ3v) is 4.66. The van der Waals surface area contributed by atoms with Gasteiger partial charge >= 0.3 is 0 Å². The third-order valence-electron chi connectivity index (χ3n) is 4.66. The zero-order valence-electron chi connectivity index (χ0n) is 12.9. The fraction of sp³-hybridized carbons (Fsp3) is 0.867. The summed E-state index contributed by atoms with van der Waals surface area (Å²) in [7, 11) is 2.15. The fourth-order valence-corrected chi connectivity index (χ4v) is 3.01. The molecule has 0 aromatic heterocycles. The fourth-order valence-electron chi connectivity index (χ4n) is 3.01. The van der Waals surface area contributed by atoms with Crippen molar-refractivity contribution in [1.29, 1.82) is 0 Å². The monoisotopic (exact) mass is 281 g/mol. The minimum absolute atomic E-state index is 0.0251. The standard InChI is InChI=1S/C15H27N3O2/c1-4-7-18-13(19)10-12(14(18)20)16-11-15(2)5-8-17(3)9-6-15/h12,16H,4-11H2,1-3H3. The Morgan fingerprint density at radius 3 is 2.55 bits per heavy atom. The van der Waals surface area contributed by atoms with Gasteiger partial charge in [0.1, 0.15) is 0 Å². The van der Waals surface area contributed by atoms with Crippen molar-refractivity contribution < 1.29 is 9.59 Å². The van der Waals surface area contributed by atoms with E-state index < -0.39 is 0 Å². The summed E-state index contributed by atoms with van der Waals surface area (Å²) in [6.07, 6.45) is 3.44. The number of rotatable bonds is 5. The molecule has 2 rings (SSSR count). The number of hydrogen-bond donors (Lipinski definition) is 1. The summed E-state index contributed by atoms with van der Waals surface area (Å²) < 4.78 is 0. The molecule has 0 aromatic carbocycles. The first-order chi connectivity index (χ1) is 9.45. The molecule has 2 aliphatic rings. The van der Waals surface area contributed by atoms with Crippen molar-refractivity contribution in [3.8, 4) is 0 Å². The van der Waals surface area contributed by atoms with Crippen LogP contribution in [0.15, 0.2) is 0 Å². The highest BCUT2D eigenvalue weighted by Crippen LogP contribution is 2.30. The molecule has 20 heavy (non-hydrogen) atoms. The average Bonchev–Trinajstić information content (AvgIpc) is 2.69. The van der Waals surface area contributed by atoms with E-state index in [1.165, 1.54) is 4.90 Å². The Morgan fingerprint density at radius 1 is 1.30 bits per heavy atom. The molecule has 5 nitrogen and oxygen atoms in total. The van der Waals surface area contributed by atoms with Gasteiger partial charge in [-0.25, -0.2) is 0 Å². The molecule has 1 unspecified atom stereocenters. The highest BCUT2D eigenvalue weighted by atomic mass is 16.2. The first-order valence-corrected chi connectivity index (χ1v) is 7.71. The van der Waals surface area contributed by atoms with Crippen LogP contribution in [0.4, 0.5) is 0 Å². The summed E-state index contributed by atoms with van der Waals surface area (Å²) in [4.78, 5) is 27.7. The van der Waals surface area contributed by atoms with Crippen LogP contribution in [0.2, 0.25) is 0 Å². The normalized spacial score (nSPS) is 27.4. The van der Waals surface area contributed by atoms with Crippen molar-refractivity contribution in [2.24, 2.45) is 5.41 Å². The van der Waals surface area contributed by atoms with Crippen LogP contribution >= 0.6 is 0 Å². The van der Waals surface area contributed by atoms with Crippen LogP contribution in [0.5, 0.6) is 0 Å². The maximum absolute atomic E-state index is 12.2. The first kappa shape index (κ1) is 15.4. The lowest BCUT2D eigenvalue weighted by atomic mass is 9.80. The first-order valence-electron chi connectivity index (χ1n) is 7.71. The molecule has 0 aliphatic carbocycles. The molecule has 1 atom stereocenters. The zero-order chi connectivity index (χ0) is 14.8. The van der Waals surface area contributed by atoms with Crippen molar-refractivity contribution in [2.75, 3.05) is 33.2 Å². The molecule has 0 spiro atoms. The highest BCUT2D eigenvalue weighted by Gasteiger charge is 2.39. The minimum Gasteiger partial charge on any atom is -0.306 e. The summed E-state index contributed by atoms with van der Waals surface area (Å²) in [6, 6.07) is -0.300. The van der Waals surface area contributed by atoms with Gasteiger partial charge in [0.15, 0.2) is 0 Å². The minimum atomic E-state index is -0.300. The van der Waals surface area contributed by atoms with E-state index >= 15 is 0 Å². The molecule has 2 fully saturated rings. The molecule has 1 N–H and O–H groups in total. The van der Waals surface area contributed by atoms with Gasteiger partial charge in [0, 0.05) is 13.1 Å². The summed E-state index contributed by atoms with van der Waals surface area (Å²) in [6.45, 7) is 7.86. The quantitative estimate of drug-likeness (QED) is 0.759. The van der Waals surface area contributed by atoms with Gasteiger partial charge < -0.3 is 10.2 Å². The van der Waals surface area contributed by atoms with Crippen molar-refractivity contribution in [1.82, 2.24) is 15.1 Å². The van der Waals surface area contributed by atoms with Crippen LogP contribution < -0.4 is 5.32 Å². The number of hydrogen-bond acceptors (Lipinski definition) is 4. The van der Waals surface area contributed by atoms with Crippen LogP contribution in [0.25, 0.3) is 0 Å². The lowest BCUT2D eigenvalue weighted by Crippen LogP contribution is -2.46. The SMILES string of the molecule is CCCN1C(=O)CC(NCC2(C)CCN(C)CC2)C1=O. The van der Waals surface area contributed by atoms with Crippen molar-refractivity contribution in [2.45, 2.75) is 45.6 Å². The Kier molecular flexibility index (Phi) is 4.81. The van der Waals surface area contributed by atoms with Gasteiger partial charge in [0.25, 0.3) is 0 Å². The molecule has 2 heterocycles. The summed E-state index contributed by atoms with van der Waals surface area (Å²) in [5, 5.41) is 3.34. The van der Waals surface area contributed by atoms with Crippen molar-refractivity contribution >= 4 is 11.8 Å². The van der Waals surface area contributed by atoms with Gasteiger partial charge in [-0.3, -0.25) is 14.5 Å². The predicted octanol–water partition coefficient (Wildman–Crippen LogP) is 0.845. The maximum atomic E-state index is 12.2. The Hall–Kier alpha value is -0.940. The Morgan fingerprint density at radius 2 is 1.95 bits per heavy atom. The number of likely N-dealkylation sites (tertiary alicyclic amines) is 2. The number of imide groups is 1. The maximum Gasteiger partial charge on any atom is 0.246 e. The van der Waals surface area contributed by atoms with Crippen molar-refractivity contribution in [3.63, 3.8) is 0 Å². The Balaban J connectivity index is 1.85. The number of amides is 2. The Bertz CT molecular complexity index is 375. The summed E-state index contributed by atoms with van der Waals surface area (Å²) >= 11 is 0. The lowest BCUT2D eigenvalue weighted by molar-refractivity contribution is -0.138. The van der Waals surface area contributed by atoms with Crippen LogP contribution in [-0.2, 0) is 9.59 Å². The average molecular weight is 281 g/mol. The molecule has 0 aromatic rings. The Labute approximate surface area is 121 Å². The van der Waals surface area contributed by atoms with E-state index in [1.807, 2.05) is 6.92 Å². The van der Waals surface area contributed by atoms with E-state index in [0.717, 1.165) is 38.9 Å². The second-order valence-corrected chi connectivity index (χ2v) is 6.64. The van der Waals surface area contributed by atoms with Crippen LogP contribution in [-0.4, -0.2) is 60.9 Å². The third kappa shape index (κ3) is 3.38. The molecular weight excluding hydrogens is 254 g/mol. The predicted molar refractivity (Wildman–Crippen MR) is 78.3 cm³/mol. The number of nitrogens with zero attached hydrogens (tertiary/aromatic N) is 2. The van der Waals surface area contributed by atoms with E-state index in [4.69, 9.17) is 0 Å². The van der Waals surface area contributed by atoms with E-state index in [0.29, 0.717) is 13.0 Å². The van der Waals surface area contributed by atoms with Gasteiger partial charge in [-0.1, -0.05) is 13.8 Å². The van der Waals surface area contributed by atoms with Crippen LogP contribution in [0.3, 0.4) is 0 Å². The molecule has 5 heteroatoms. The summed E-state index contributed by atoms with van der Waals surface area (Å²) in [5.41, 5.74) is 0.244. The largest absolute Gasteiger partial charge is 0.306 e. The molecule has 114 valence electrons. The molecule has 0 bridgehead atoms. The number of nitrogens with one attached hydrogen (secondary N) is 1. The van der Waals surface area contributed by atoms with E-state index in [-0.39, 0.29) is 23.3 Å². The van der Waals surface area contributed by atoms with Gasteiger partial charge in [-0.05, 0) is 44.8 Å². The molecule has 2 aliphatic heterocycles. The lowest BCUT2D eigenvalue weighted by Gasteiger charge is -2.38. The van der Waals surface area contributed by atoms with Crippen LogP contribution in [0, 0.1) is 5.41 Å². The topological polar surface area (TPSA) is 52.7 Å².